The van der Waals surface area contributed by atoms with Crippen LogP contribution in [0.1, 0.15) is 73.5 Å². The van der Waals surface area contributed by atoms with Crippen molar-refractivity contribution in [2.75, 3.05) is 0 Å². The van der Waals surface area contributed by atoms with Crippen molar-refractivity contribution in [2.45, 2.75) is 59.4 Å². The van der Waals surface area contributed by atoms with Gasteiger partial charge in [-0.25, -0.2) is 14.2 Å². The van der Waals surface area contributed by atoms with E-state index in [0.29, 0.717) is 17.9 Å². The highest BCUT2D eigenvalue weighted by molar-refractivity contribution is 5.92. The smallest absolute Gasteiger partial charge is 0.335 e. The molecular formula is C27H30FN3O2. The van der Waals surface area contributed by atoms with Crippen LogP contribution >= 0.6 is 0 Å². The summed E-state index contributed by atoms with van der Waals surface area (Å²) in [5.74, 6) is 0.274. The van der Waals surface area contributed by atoms with Crippen molar-refractivity contribution in [1.29, 1.82) is 0 Å². The Morgan fingerprint density at radius 1 is 1.24 bits per heavy atom. The van der Waals surface area contributed by atoms with Crippen molar-refractivity contribution in [3.05, 3.63) is 64.9 Å². The highest BCUT2D eigenvalue weighted by Crippen LogP contribution is 2.45. The predicted molar refractivity (Wildman–Crippen MR) is 128 cm³/mol. The second-order valence-corrected chi connectivity index (χ2v) is 10.6. The molecule has 0 unspecified atom stereocenters. The molecule has 0 aliphatic heterocycles. The summed E-state index contributed by atoms with van der Waals surface area (Å²) in [6.07, 6.45) is 3.84. The quantitative estimate of drug-likeness (QED) is 0.368. The van der Waals surface area contributed by atoms with Crippen LogP contribution < -0.4 is 0 Å². The predicted octanol–water partition coefficient (Wildman–Crippen LogP) is 6.64. The molecule has 1 saturated carbocycles. The summed E-state index contributed by atoms with van der Waals surface area (Å²) in [4.78, 5) is 19.9. The molecule has 5 nitrogen and oxygen atoms in total. The monoisotopic (exact) mass is 447 g/mol. The van der Waals surface area contributed by atoms with E-state index in [2.05, 4.69) is 30.3 Å². The molecular weight excluding hydrogens is 417 g/mol. The number of aryl methyl sites for hydroxylation is 1. The Bertz CT molecular complexity index is 1380. The SMILES string of the molecule is Cc1[nH]c2ccc(F)cc2c1Cc1nc2cc(C(=O)O)ccc2n1[C@H]1C[C@@H](C)CC(C)(C)C1. The summed E-state index contributed by atoms with van der Waals surface area (Å²) >= 11 is 0. The second kappa shape index (κ2) is 7.72. The molecule has 1 aliphatic carbocycles. The maximum Gasteiger partial charge on any atom is 0.335 e. The van der Waals surface area contributed by atoms with Crippen molar-refractivity contribution < 1.29 is 14.3 Å². The fourth-order valence-electron chi connectivity index (χ4n) is 6.05. The minimum atomic E-state index is -0.955. The summed E-state index contributed by atoms with van der Waals surface area (Å²) in [5, 5.41) is 10.4. The van der Waals surface area contributed by atoms with Crippen molar-refractivity contribution >= 4 is 27.9 Å². The summed E-state index contributed by atoms with van der Waals surface area (Å²) in [5.41, 5.74) is 5.06. The molecule has 2 N–H and O–H groups in total. The van der Waals surface area contributed by atoms with Crippen molar-refractivity contribution in [2.24, 2.45) is 11.3 Å². The zero-order valence-corrected chi connectivity index (χ0v) is 19.6. The van der Waals surface area contributed by atoms with E-state index in [1.165, 1.54) is 12.5 Å². The van der Waals surface area contributed by atoms with E-state index in [1.54, 1.807) is 24.3 Å². The minimum absolute atomic E-state index is 0.219. The molecule has 172 valence electrons. The third-order valence-electron chi connectivity index (χ3n) is 7.15. The molecule has 0 radical (unpaired) electrons. The van der Waals surface area contributed by atoms with Crippen LogP contribution in [0.5, 0.6) is 0 Å². The third kappa shape index (κ3) is 3.92. The number of nitrogens with one attached hydrogen (secondary N) is 1. The van der Waals surface area contributed by atoms with E-state index >= 15 is 0 Å². The Labute approximate surface area is 192 Å². The van der Waals surface area contributed by atoms with Crippen LogP contribution in [-0.4, -0.2) is 25.6 Å². The van der Waals surface area contributed by atoms with Gasteiger partial charge in [0.25, 0.3) is 0 Å². The largest absolute Gasteiger partial charge is 0.478 e. The molecule has 0 amide bonds. The van der Waals surface area contributed by atoms with Gasteiger partial charge in [0, 0.05) is 29.1 Å². The van der Waals surface area contributed by atoms with Crippen LogP contribution in [0.4, 0.5) is 4.39 Å². The number of halogens is 1. The zero-order valence-electron chi connectivity index (χ0n) is 19.6. The van der Waals surface area contributed by atoms with Crippen molar-refractivity contribution in [1.82, 2.24) is 14.5 Å². The Morgan fingerprint density at radius 3 is 2.76 bits per heavy atom. The van der Waals surface area contributed by atoms with Gasteiger partial charge >= 0.3 is 5.97 Å². The topological polar surface area (TPSA) is 70.9 Å². The second-order valence-electron chi connectivity index (χ2n) is 10.6. The molecule has 0 bridgehead atoms. The first-order chi connectivity index (χ1) is 15.6. The van der Waals surface area contributed by atoms with Gasteiger partial charge in [0.1, 0.15) is 11.6 Å². The Hall–Kier alpha value is -3.15. The number of carboxylic acid groups (broad SMARTS) is 1. The number of H-pyrrole nitrogens is 1. The van der Waals surface area contributed by atoms with E-state index < -0.39 is 5.97 Å². The lowest BCUT2D eigenvalue weighted by Crippen LogP contribution is -2.30. The van der Waals surface area contributed by atoms with Crippen molar-refractivity contribution in [3.63, 3.8) is 0 Å². The van der Waals surface area contributed by atoms with Gasteiger partial charge < -0.3 is 14.7 Å². The van der Waals surface area contributed by atoms with E-state index in [0.717, 1.165) is 46.3 Å². The molecule has 2 aromatic heterocycles. The maximum atomic E-state index is 14.1. The number of aromatic amines is 1. The van der Waals surface area contributed by atoms with Gasteiger partial charge in [-0.2, -0.15) is 0 Å². The van der Waals surface area contributed by atoms with Gasteiger partial charge in [-0.3, -0.25) is 0 Å². The van der Waals surface area contributed by atoms with Crippen molar-refractivity contribution in [3.8, 4) is 0 Å². The number of aromatic nitrogens is 3. The van der Waals surface area contributed by atoms with Crippen LogP contribution in [0, 0.1) is 24.1 Å². The van der Waals surface area contributed by atoms with E-state index in [1.807, 2.05) is 13.0 Å². The molecule has 2 atom stereocenters. The van der Waals surface area contributed by atoms with Gasteiger partial charge in [-0.05, 0) is 79.5 Å². The molecule has 1 fully saturated rings. The normalized spacial score (nSPS) is 20.5. The van der Waals surface area contributed by atoms with Gasteiger partial charge in [-0.1, -0.05) is 20.8 Å². The summed E-state index contributed by atoms with van der Waals surface area (Å²) < 4.78 is 16.4. The lowest BCUT2D eigenvalue weighted by molar-refractivity contribution is 0.0697. The molecule has 6 heteroatoms. The van der Waals surface area contributed by atoms with Gasteiger partial charge in [-0.15, -0.1) is 0 Å². The standard InChI is InChI=1S/C27H30FN3O2/c1-15-9-19(14-27(3,4)13-15)31-24-8-5-17(26(32)33)10-23(24)30-25(31)12-20-16(2)29-22-7-6-18(28)11-21(20)22/h5-8,10-11,15,19,29H,9,12-14H2,1-4H3,(H,32,33)/t15-,19+/m1/s1. The lowest BCUT2D eigenvalue weighted by atomic mass is 9.70. The number of fused-ring (bicyclic) bond motifs is 2. The number of carboxylic acids is 1. The zero-order chi connectivity index (χ0) is 23.5. The fraction of sp³-hybridized carbons (Fsp3) is 0.407. The Balaban J connectivity index is 1.68. The van der Waals surface area contributed by atoms with Gasteiger partial charge in [0.2, 0.25) is 0 Å². The molecule has 1 aliphatic rings. The molecule has 2 aromatic carbocycles. The van der Waals surface area contributed by atoms with Crippen LogP contribution in [0.2, 0.25) is 0 Å². The summed E-state index contributed by atoms with van der Waals surface area (Å²) in [6, 6.07) is 10.3. The summed E-state index contributed by atoms with van der Waals surface area (Å²) in [7, 11) is 0. The maximum absolute atomic E-state index is 14.1. The van der Waals surface area contributed by atoms with E-state index in [9.17, 15) is 14.3 Å². The number of hydrogen-bond acceptors (Lipinski definition) is 2. The molecule has 0 spiro atoms. The van der Waals surface area contributed by atoms with Crippen LogP contribution in [-0.2, 0) is 6.42 Å². The molecule has 33 heavy (non-hydrogen) atoms. The third-order valence-corrected chi connectivity index (χ3v) is 7.15. The Kier molecular flexibility index (Phi) is 5.07. The number of carbonyl (C=O) groups is 1. The lowest BCUT2D eigenvalue weighted by Gasteiger charge is -2.40. The average Bonchev–Trinajstić information content (AvgIpc) is 3.23. The number of aromatic carboxylic acids is 1. The number of rotatable bonds is 4. The van der Waals surface area contributed by atoms with E-state index in [4.69, 9.17) is 4.98 Å². The fourth-order valence-corrected chi connectivity index (χ4v) is 6.05. The van der Waals surface area contributed by atoms with Gasteiger partial charge in [0.15, 0.2) is 0 Å². The average molecular weight is 448 g/mol. The Morgan fingerprint density at radius 2 is 2.03 bits per heavy atom. The van der Waals surface area contributed by atoms with Gasteiger partial charge in [0.05, 0.1) is 16.6 Å². The molecule has 4 aromatic rings. The molecule has 5 rings (SSSR count). The number of imidazole rings is 1. The number of hydrogen-bond donors (Lipinski definition) is 2. The minimum Gasteiger partial charge on any atom is -0.478 e. The van der Waals surface area contributed by atoms with Crippen LogP contribution in [0.15, 0.2) is 36.4 Å². The molecule has 0 saturated heterocycles. The first kappa shape index (κ1) is 21.7. The highest BCUT2D eigenvalue weighted by atomic mass is 19.1. The number of nitrogens with zero attached hydrogens (tertiary/aromatic N) is 2. The van der Waals surface area contributed by atoms with Crippen LogP contribution in [0.25, 0.3) is 21.9 Å². The highest BCUT2D eigenvalue weighted by Gasteiger charge is 2.34. The first-order valence-electron chi connectivity index (χ1n) is 11.6. The van der Waals surface area contributed by atoms with E-state index in [-0.39, 0.29) is 22.8 Å². The summed E-state index contributed by atoms with van der Waals surface area (Å²) in [6.45, 7) is 8.96. The number of benzene rings is 2. The van der Waals surface area contributed by atoms with Crippen LogP contribution in [0.3, 0.4) is 0 Å². The first-order valence-corrected chi connectivity index (χ1v) is 11.6. The molecule has 2 heterocycles.